The van der Waals surface area contributed by atoms with Gasteiger partial charge in [-0.2, -0.15) is 0 Å². The molecule has 0 radical (unpaired) electrons. The average Bonchev–Trinajstić information content (AvgIpc) is 2.64. The monoisotopic (exact) mass is 374 g/mol. The van der Waals surface area contributed by atoms with Crippen molar-refractivity contribution in [1.29, 1.82) is 0 Å². The molecule has 0 aliphatic heterocycles. The molecular formula is C21H42O5. The number of carbonyl (C=O) groups is 1. The fourth-order valence-corrected chi connectivity index (χ4v) is 3.04. The molecular weight excluding hydrogens is 332 g/mol. The summed E-state index contributed by atoms with van der Waals surface area (Å²) >= 11 is 0. The number of esters is 1. The van der Waals surface area contributed by atoms with E-state index in [1.54, 1.807) is 0 Å². The summed E-state index contributed by atoms with van der Waals surface area (Å²) in [5.41, 5.74) is 0. The van der Waals surface area contributed by atoms with Gasteiger partial charge in [0.15, 0.2) is 0 Å². The SMILES string of the molecule is CCCCCCCCCC(O)CCCCCCCC(=O)OC(CO)CO. The van der Waals surface area contributed by atoms with E-state index in [0.29, 0.717) is 6.42 Å². The van der Waals surface area contributed by atoms with Crippen LogP contribution in [-0.2, 0) is 9.53 Å². The molecule has 156 valence electrons. The highest BCUT2D eigenvalue weighted by molar-refractivity contribution is 5.69. The van der Waals surface area contributed by atoms with Crippen LogP contribution < -0.4 is 0 Å². The van der Waals surface area contributed by atoms with E-state index >= 15 is 0 Å². The number of aliphatic hydroxyl groups excluding tert-OH is 3. The molecule has 0 spiro atoms. The van der Waals surface area contributed by atoms with E-state index in [0.717, 1.165) is 51.4 Å². The predicted molar refractivity (Wildman–Crippen MR) is 105 cm³/mol. The average molecular weight is 375 g/mol. The number of hydrogen-bond donors (Lipinski definition) is 3. The van der Waals surface area contributed by atoms with Crippen molar-refractivity contribution < 1.29 is 24.9 Å². The summed E-state index contributed by atoms with van der Waals surface area (Å²) in [5.74, 6) is -0.358. The second kappa shape index (κ2) is 19.1. The van der Waals surface area contributed by atoms with Crippen molar-refractivity contribution in [2.24, 2.45) is 0 Å². The van der Waals surface area contributed by atoms with E-state index in [2.05, 4.69) is 6.92 Å². The number of hydrogen-bond acceptors (Lipinski definition) is 5. The smallest absolute Gasteiger partial charge is 0.306 e. The highest BCUT2D eigenvalue weighted by Crippen LogP contribution is 2.14. The highest BCUT2D eigenvalue weighted by Gasteiger charge is 2.11. The van der Waals surface area contributed by atoms with Crippen LogP contribution in [0.1, 0.15) is 103 Å². The summed E-state index contributed by atoms with van der Waals surface area (Å²) in [6.07, 6.45) is 15.1. The lowest BCUT2D eigenvalue weighted by Crippen LogP contribution is -2.25. The van der Waals surface area contributed by atoms with E-state index in [9.17, 15) is 9.90 Å². The fourth-order valence-electron chi connectivity index (χ4n) is 3.04. The van der Waals surface area contributed by atoms with Crippen molar-refractivity contribution in [2.45, 2.75) is 115 Å². The molecule has 5 heteroatoms. The fraction of sp³-hybridized carbons (Fsp3) is 0.952. The minimum absolute atomic E-state index is 0.158. The van der Waals surface area contributed by atoms with Crippen LogP contribution in [0.25, 0.3) is 0 Å². The van der Waals surface area contributed by atoms with Gasteiger partial charge in [0.05, 0.1) is 19.3 Å². The minimum atomic E-state index is -0.791. The Morgan fingerprint density at radius 2 is 1.23 bits per heavy atom. The predicted octanol–water partition coefficient (Wildman–Crippen LogP) is 4.12. The molecule has 1 atom stereocenters. The topological polar surface area (TPSA) is 87.0 Å². The van der Waals surface area contributed by atoms with Crippen LogP contribution in [0.2, 0.25) is 0 Å². The van der Waals surface area contributed by atoms with Crippen molar-refractivity contribution >= 4 is 5.97 Å². The maximum Gasteiger partial charge on any atom is 0.306 e. The summed E-state index contributed by atoms with van der Waals surface area (Å²) in [4.78, 5) is 11.5. The molecule has 0 amide bonds. The Bertz CT molecular complexity index is 305. The summed E-state index contributed by atoms with van der Waals surface area (Å²) in [7, 11) is 0. The zero-order chi connectivity index (χ0) is 19.5. The van der Waals surface area contributed by atoms with Gasteiger partial charge in [-0.25, -0.2) is 0 Å². The molecule has 0 aromatic rings. The number of ether oxygens (including phenoxy) is 1. The molecule has 0 bridgehead atoms. The summed E-state index contributed by atoms with van der Waals surface area (Å²) in [5, 5.41) is 27.7. The molecule has 3 N–H and O–H groups in total. The van der Waals surface area contributed by atoms with E-state index < -0.39 is 6.10 Å². The molecule has 0 aromatic heterocycles. The third-order valence-electron chi connectivity index (χ3n) is 4.76. The van der Waals surface area contributed by atoms with Gasteiger partial charge in [-0.05, 0) is 19.3 Å². The second-order valence-corrected chi connectivity index (χ2v) is 7.35. The van der Waals surface area contributed by atoms with Gasteiger partial charge in [-0.15, -0.1) is 0 Å². The number of unbranched alkanes of at least 4 members (excludes halogenated alkanes) is 10. The third-order valence-corrected chi connectivity index (χ3v) is 4.76. The van der Waals surface area contributed by atoms with Crippen LogP contribution in [-0.4, -0.2) is 46.7 Å². The molecule has 0 aliphatic rings. The Morgan fingerprint density at radius 1 is 0.769 bits per heavy atom. The Labute approximate surface area is 160 Å². The van der Waals surface area contributed by atoms with Gasteiger partial charge >= 0.3 is 5.97 Å². The molecule has 0 rings (SSSR count). The van der Waals surface area contributed by atoms with E-state index in [1.165, 1.54) is 38.5 Å². The summed E-state index contributed by atoms with van der Waals surface area (Å²) in [6, 6.07) is 0. The van der Waals surface area contributed by atoms with Crippen LogP contribution in [0, 0.1) is 0 Å². The minimum Gasteiger partial charge on any atom is -0.457 e. The van der Waals surface area contributed by atoms with Gasteiger partial charge < -0.3 is 20.1 Å². The van der Waals surface area contributed by atoms with Crippen LogP contribution in [0.4, 0.5) is 0 Å². The molecule has 26 heavy (non-hydrogen) atoms. The van der Waals surface area contributed by atoms with E-state index in [1.807, 2.05) is 0 Å². The van der Waals surface area contributed by atoms with Gasteiger partial charge in [0.25, 0.3) is 0 Å². The lowest BCUT2D eigenvalue weighted by molar-refractivity contribution is -0.153. The molecule has 0 saturated carbocycles. The van der Waals surface area contributed by atoms with Crippen LogP contribution in [0.3, 0.4) is 0 Å². The normalized spacial score (nSPS) is 12.5. The van der Waals surface area contributed by atoms with Crippen molar-refractivity contribution in [3.8, 4) is 0 Å². The molecule has 0 aromatic carbocycles. The molecule has 5 nitrogen and oxygen atoms in total. The Morgan fingerprint density at radius 3 is 1.73 bits per heavy atom. The van der Waals surface area contributed by atoms with Gasteiger partial charge in [0.2, 0.25) is 0 Å². The molecule has 0 saturated heterocycles. The second-order valence-electron chi connectivity index (χ2n) is 7.35. The lowest BCUT2D eigenvalue weighted by atomic mass is 10.0. The van der Waals surface area contributed by atoms with Gasteiger partial charge in [0, 0.05) is 6.42 Å². The maximum atomic E-state index is 11.5. The Hall–Kier alpha value is -0.650. The number of rotatable bonds is 19. The maximum absolute atomic E-state index is 11.5. The first-order valence-electron chi connectivity index (χ1n) is 10.7. The number of aliphatic hydroxyl groups is 3. The number of carbonyl (C=O) groups excluding carboxylic acids is 1. The zero-order valence-electron chi connectivity index (χ0n) is 16.8. The van der Waals surface area contributed by atoms with Crippen LogP contribution >= 0.6 is 0 Å². The highest BCUT2D eigenvalue weighted by atomic mass is 16.6. The molecule has 0 heterocycles. The van der Waals surface area contributed by atoms with Gasteiger partial charge in [0.1, 0.15) is 6.10 Å². The standard InChI is InChI=1S/C21H42O5/c1-2-3-4-5-6-8-11-14-19(24)15-12-9-7-10-13-16-21(25)26-20(17-22)18-23/h19-20,22-24H,2-18H2,1H3. The zero-order valence-corrected chi connectivity index (χ0v) is 16.8. The van der Waals surface area contributed by atoms with Crippen molar-refractivity contribution in [1.82, 2.24) is 0 Å². The Kier molecular flexibility index (Phi) is 18.6. The summed E-state index contributed by atoms with van der Waals surface area (Å²) in [6.45, 7) is 1.55. The van der Waals surface area contributed by atoms with Gasteiger partial charge in [-0.1, -0.05) is 77.6 Å². The first-order chi connectivity index (χ1) is 12.6. The van der Waals surface area contributed by atoms with E-state index in [-0.39, 0.29) is 25.3 Å². The summed E-state index contributed by atoms with van der Waals surface area (Å²) < 4.78 is 4.91. The van der Waals surface area contributed by atoms with Crippen molar-refractivity contribution in [3.63, 3.8) is 0 Å². The molecule has 0 aliphatic carbocycles. The Balaban J connectivity index is 3.34. The first-order valence-corrected chi connectivity index (χ1v) is 10.7. The van der Waals surface area contributed by atoms with Gasteiger partial charge in [-0.3, -0.25) is 4.79 Å². The van der Waals surface area contributed by atoms with Crippen LogP contribution in [0.5, 0.6) is 0 Å². The first kappa shape index (κ1) is 25.4. The molecule has 1 unspecified atom stereocenters. The van der Waals surface area contributed by atoms with Crippen molar-refractivity contribution in [2.75, 3.05) is 13.2 Å². The third kappa shape index (κ3) is 16.8. The largest absolute Gasteiger partial charge is 0.457 e. The van der Waals surface area contributed by atoms with E-state index in [4.69, 9.17) is 14.9 Å². The molecule has 0 fully saturated rings. The van der Waals surface area contributed by atoms with Crippen LogP contribution in [0.15, 0.2) is 0 Å². The quantitative estimate of drug-likeness (QED) is 0.234. The van der Waals surface area contributed by atoms with Crippen molar-refractivity contribution in [3.05, 3.63) is 0 Å². The lowest BCUT2D eigenvalue weighted by Gasteiger charge is -2.12.